The monoisotopic (exact) mass is 237 g/mol. The molecule has 0 saturated heterocycles. The van der Waals surface area contributed by atoms with Crippen LogP contribution in [-0.4, -0.2) is 6.54 Å². The average Bonchev–Trinajstić information content (AvgIpc) is 2.12. The van der Waals surface area contributed by atoms with Gasteiger partial charge in [-0.25, -0.2) is 0 Å². The topological polar surface area (TPSA) is 12.0 Å². The number of alkyl halides is 3. The molecular weight excluding hydrogens is 227 g/mol. The maximum Gasteiger partial charge on any atom is 0.418 e. The number of halogens is 4. The van der Waals surface area contributed by atoms with Crippen LogP contribution >= 0.6 is 11.6 Å². The van der Waals surface area contributed by atoms with Gasteiger partial charge in [0.1, 0.15) is 0 Å². The average molecular weight is 238 g/mol. The van der Waals surface area contributed by atoms with Gasteiger partial charge in [-0.1, -0.05) is 18.5 Å². The van der Waals surface area contributed by atoms with Crippen molar-refractivity contribution in [3.63, 3.8) is 0 Å². The van der Waals surface area contributed by atoms with Gasteiger partial charge in [0.2, 0.25) is 0 Å². The van der Waals surface area contributed by atoms with E-state index in [9.17, 15) is 13.2 Å². The van der Waals surface area contributed by atoms with Crippen molar-refractivity contribution in [2.45, 2.75) is 19.5 Å². The van der Waals surface area contributed by atoms with Gasteiger partial charge in [0.15, 0.2) is 0 Å². The van der Waals surface area contributed by atoms with Crippen LogP contribution in [0.15, 0.2) is 18.2 Å². The zero-order valence-corrected chi connectivity index (χ0v) is 8.91. The zero-order chi connectivity index (χ0) is 11.5. The Morgan fingerprint density at radius 1 is 1.33 bits per heavy atom. The summed E-state index contributed by atoms with van der Waals surface area (Å²) in [6.07, 6.45) is -3.59. The predicted molar refractivity (Wildman–Crippen MR) is 55.2 cm³/mol. The molecule has 0 spiro atoms. The number of nitrogens with one attached hydrogen (secondary N) is 1. The molecule has 0 saturated carbocycles. The molecule has 1 nitrogen and oxygen atoms in total. The number of rotatable bonds is 3. The van der Waals surface area contributed by atoms with Gasteiger partial charge in [-0.15, -0.1) is 0 Å². The highest BCUT2D eigenvalue weighted by atomic mass is 35.5. The summed E-state index contributed by atoms with van der Waals surface area (Å²) in [6.45, 7) is 2.37. The van der Waals surface area contributed by atoms with Crippen LogP contribution in [0.25, 0.3) is 0 Å². The maximum atomic E-state index is 12.5. The molecule has 1 rings (SSSR count). The molecule has 0 atom stereocenters. The fourth-order valence-electron chi connectivity index (χ4n) is 1.17. The van der Waals surface area contributed by atoms with E-state index >= 15 is 0 Å². The molecule has 0 heterocycles. The SMILES string of the molecule is CCCNc1cc(Cl)ccc1C(F)(F)F. The summed E-state index contributed by atoms with van der Waals surface area (Å²) in [5.41, 5.74) is -0.641. The smallest absolute Gasteiger partial charge is 0.385 e. The van der Waals surface area contributed by atoms with Crippen LogP contribution in [0.2, 0.25) is 5.02 Å². The molecule has 0 aliphatic carbocycles. The van der Waals surface area contributed by atoms with E-state index in [4.69, 9.17) is 11.6 Å². The van der Waals surface area contributed by atoms with E-state index in [1.807, 2.05) is 6.92 Å². The highest BCUT2D eigenvalue weighted by molar-refractivity contribution is 6.30. The van der Waals surface area contributed by atoms with E-state index in [1.165, 1.54) is 12.1 Å². The van der Waals surface area contributed by atoms with E-state index in [0.717, 1.165) is 12.5 Å². The van der Waals surface area contributed by atoms with Gasteiger partial charge in [0, 0.05) is 17.3 Å². The Hall–Kier alpha value is -0.900. The minimum absolute atomic E-state index is 0.0388. The van der Waals surface area contributed by atoms with Crippen molar-refractivity contribution in [3.8, 4) is 0 Å². The van der Waals surface area contributed by atoms with Crippen molar-refractivity contribution in [2.24, 2.45) is 0 Å². The van der Waals surface area contributed by atoms with Crippen molar-refractivity contribution in [3.05, 3.63) is 28.8 Å². The Labute approximate surface area is 91.2 Å². The first-order valence-electron chi connectivity index (χ1n) is 4.55. The first-order valence-corrected chi connectivity index (χ1v) is 4.93. The molecule has 0 radical (unpaired) electrons. The molecule has 1 aromatic carbocycles. The van der Waals surface area contributed by atoms with Gasteiger partial charge in [-0.2, -0.15) is 13.2 Å². The van der Waals surface area contributed by atoms with E-state index in [-0.39, 0.29) is 5.69 Å². The molecule has 0 aliphatic rings. The number of anilines is 1. The second kappa shape index (κ2) is 4.75. The Kier molecular flexibility index (Phi) is 3.85. The standard InChI is InChI=1S/C10H11ClF3N/c1-2-5-15-9-6-7(11)3-4-8(9)10(12,13)14/h3-4,6,15H,2,5H2,1H3. The fraction of sp³-hybridized carbons (Fsp3) is 0.400. The van der Waals surface area contributed by atoms with Crippen LogP contribution in [0.5, 0.6) is 0 Å². The Morgan fingerprint density at radius 3 is 2.53 bits per heavy atom. The van der Waals surface area contributed by atoms with Gasteiger partial charge in [-0.3, -0.25) is 0 Å². The summed E-state index contributed by atoms with van der Waals surface area (Å²) in [4.78, 5) is 0. The molecule has 0 aliphatic heterocycles. The van der Waals surface area contributed by atoms with Crippen LogP contribution in [-0.2, 0) is 6.18 Å². The van der Waals surface area contributed by atoms with E-state index in [0.29, 0.717) is 11.6 Å². The largest absolute Gasteiger partial charge is 0.418 e. The highest BCUT2D eigenvalue weighted by Crippen LogP contribution is 2.36. The number of benzene rings is 1. The van der Waals surface area contributed by atoms with E-state index in [2.05, 4.69) is 5.32 Å². The lowest BCUT2D eigenvalue weighted by atomic mass is 10.1. The molecule has 84 valence electrons. The van der Waals surface area contributed by atoms with Gasteiger partial charge < -0.3 is 5.32 Å². The third-order valence-corrected chi connectivity index (χ3v) is 2.09. The third kappa shape index (κ3) is 3.30. The number of hydrogen-bond acceptors (Lipinski definition) is 1. The second-order valence-corrected chi connectivity index (χ2v) is 3.55. The summed E-state index contributed by atoms with van der Waals surface area (Å²) in [5, 5.41) is 3.00. The molecule has 0 bridgehead atoms. The van der Waals surface area contributed by atoms with Gasteiger partial charge >= 0.3 is 6.18 Å². The van der Waals surface area contributed by atoms with Crippen molar-refractivity contribution < 1.29 is 13.2 Å². The molecule has 15 heavy (non-hydrogen) atoms. The maximum absolute atomic E-state index is 12.5. The van der Waals surface area contributed by atoms with Crippen molar-refractivity contribution in [1.29, 1.82) is 0 Å². The molecule has 1 N–H and O–H groups in total. The normalized spacial score (nSPS) is 11.5. The third-order valence-electron chi connectivity index (χ3n) is 1.85. The summed E-state index contributed by atoms with van der Waals surface area (Å²) in [7, 11) is 0. The predicted octanol–water partition coefficient (Wildman–Crippen LogP) is 4.18. The fourth-order valence-corrected chi connectivity index (χ4v) is 1.34. The summed E-state index contributed by atoms with van der Waals surface area (Å²) in [6, 6.07) is 3.52. The van der Waals surface area contributed by atoms with Crippen molar-refractivity contribution >= 4 is 17.3 Å². The Balaban J connectivity index is 3.03. The minimum atomic E-state index is -4.35. The van der Waals surface area contributed by atoms with Gasteiger partial charge in [0.25, 0.3) is 0 Å². The van der Waals surface area contributed by atoms with Crippen molar-refractivity contribution in [1.82, 2.24) is 0 Å². The molecule has 1 aromatic rings. The number of hydrogen-bond donors (Lipinski definition) is 1. The Bertz CT molecular complexity index is 336. The van der Waals surface area contributed by atoms with Crippen LogP contribution in [0.4, 0.5) is 18.9 Å². The zero-order valence-electron chi connectivity index (χ0n) is 8.16. The van der Waals surface area contributed by atoms with Crippen LogP contribution < -0.4 is 5.32 Å². The van der Waals surface area contributed by atoms with Crippen LogP contribution in [0, 0.1) is 0 Å². The lowest BCUT2D eigenvalue weighted by Crippen LogP contribution is -2.11. The molecule has 5 heteroatoms. The molecule has 0 amide bonds. The summed E-state index contributed by atoms with van der Waals surface area (Å²) in [5.74, 6) is 0. The highest BCUT2D eigenvalue weighted by Gasteiger charge is 2.33. The summed E-state index contributed by atoms with van der Waals surface area (Å²) < 4.78 is 37.6. The van der Waals surface area contributed by atoms with E-state index < -0.39 is 11.7 Å². The Morgan fingerprint density at radius 2 is 2.00 bits per heavy atom. The second-order valence-electron chi connectivity index (χ2n) is 3.11. The molecule has 0 fully saturated rings. The lowest BCUT2D eigenvalue weighted by molar-refractivity contribution is -0.136. The first kappa shape index (κ1) is 12.2. The lowest BCUT2D eigenvalue weighted by Gasteiger charge is -2.14. The molecule has 0 unspecified atom stereocenters. The molecule has 0 aromatic heterocycles. The van der Waals surface area contributed by atoms with Gasteiger partial charge in [-0.05, 0) is 24.6 Å². The van der Waals surface area contributed by atoms with Crippen LogP contribution in [0.3, 0.4) is 0 Å². The minimum Gasteiger partial charge on any atom is -0.385 e. The van der Waals surface area contributed by atoms with Crippen molar-refractivity contribution in [2.75, 3.05) is 11.9 Å². The summed E-state index contributed by atoms with van der Waals surface area (Å²) >= 11 is 5.64. The van der Waals surface area contributed by atoms with Gasteiger partial charge in [0.05, 0.1) is 5.56 Å². The molecular formula is C10H11ClF3N. The van der Waals surface area contributed by atoms with E-state index in [1.54, 1.807) is 0 Å². The first-order chi connectivity index (χ1) is 6.95. The quantitative estimate of drug-likeness (QED) is 0.832. The van der Waals surface area contributed by atoms with Crippen LogP contribution in [0.1, 0.15) is 18.9 Å².